The van der Waals surface area contributed by atoms with Crippen LogP contribution in [-0.4, -0.2) is 34.4 Å². The van der Waals surface area contributed by atoms with Crippen LogP contribution >= 0.6 is 11.3 Å². The van der Waals surface area contributed by atoms with Gasteiger partial charge in [0.1, 0.15) is 4.88 Å². The number of aliphatic carboxylic acids is 1. The molecule has 0 atom stereocenters. The maximum atomic E-state index is 12.2. The summed E-state index contributed by atoms with van der Waals surface area (Å²) < 4.78 is 0. The lowest BCUT2D eigenvalue weighted by atomic mass is 10.2. The molecule has 0 radical (unpaired) electrons. The van der Waals surface area contributed by atoms with Crippen molar-refractivity contribution < 1.29 is 19.5 Å². The fourth-order valence-electron chi connectivity index (χ4n) is 2.03. The van der Waals surface area contributed by atoms with Crippen molar-refractivity contribution >= 4 is 34.8 Å². The first-order valence-electron chi connectivity index (χ1n) is 7.85. The van der Waals surface area contributed by atoms with Crippen LogP contribution in [0.25, 0.3) is 0 Å². The Balaban J connectivity index is 1.91. The van der Waals surface area contributed by atoms with E-state index < -0.39 is 5.97 Å². The highest BCUT2D eigenvalue weighted by atomic mass is 32.1. The first-order valence-corrected chi connectivity index (χ1v) is 8.67. The van der Waals surface area contributed by atoms with Gasteiger partial charge in [-0.1, -0.05) is 6.92 Å². The van der Waals surface area contributed by atoms with Gasteiger partial charge < -0.3 is 15.7 Å². The first-order chi connectivity index (χ1) is 12.0. The summed E-state index contributed by atoms with van der Waals surface area (Å²) in [6, 6.07) is 6.39. The number of benzene rings is 1. The fourth-order valence-corrected chi connectivity index (χ4v) is 2.94. The number of aromatic nitrogens is 1. The number of hydrogen-bond donors (Lipinski definition) is 3. The SMILES string of the molecule is CCCc1ncc(C(=O)Nc2ccc(C(=O)NCCC(=O)O)cc2)s1. The number of anilines is 1. The van der Waals surface area contributed by atoms with Gasteiger partial charge in [0.15, 0.2) is 0 Å². The number of rotatable bonds is 8. The van der Waals surface area contributed by atoms with Crippen LogP contribution in [0.1, 0.15) is 44.8 Å². The van der Waals surface area contributed by atoms with Gasteiger partial charge in [0.25, 0.3) is 11.8 Å². The second-order valence-electron chi connectivity index (χ2n) is 5.30. The molecule has 0 saturated heterocycles. The first kappa shape index (κ1) is 18.6. The van der Waals surface area contributed by atoms with Gasteiger partial charge in [-0.25, -0.2) is 4.98 Å². The van der Waals surface area contributed by atoms with Gasteiger partial charge in [-0.2, -0.15) is 0 Å². The van der Waals surface area contributed by atoms with Crippen LogP contribution in [0.5, 0.6) is 0 Å². The molecule has 0 aliphatic carbocycles. The molecule has 8 heteroatoms. The van der Waals surface area contributed by atoms with E-state index >= 15 is 0 Å². The molecule has 2 aromatic rings. The summed E-state index contributed by atoms with van der Waals surface area (Å²) in [7, 11) is 0. The van der Waals surface area contributed by atoms with Crippen molar-refractivity contribution in [3.05, 3.63) is 45.9 Å². The Morgan fingerprint density at radius 3 is 2.52 bits per heavy atom. The minimum absolute atomic E-state index is 0.0676. The van der Waals surface area contributed by atoms with Gasteiger partial charge >= 0.3 is 5.97 Å². The van der Waals surface area contributed by atoms with E-state index in [-0.39, 0.29) is 24.8 Å². The van der Waals surface area contributed by atoms with Crippen molar-refractivity contribution in [2.45, 2.75) is 26.2 Å². The highest BCUT2D eigenvalue weighted by Crippen LogP contribution is 2.17. The zero-order valence-electron chi connectivity index (χ0n) is 13.7. The van der Waals surface area contributed by atoms with Crippen molar-refractivity contribution in [3.8, 4) is 0 Å². The summed E-state index contributed by atoms with van der Waals surface area (Å²) in [5, 5.41) is 14.8. The topological polar surface area (TPSA) is 108 Å². The van der Waals surface area contributed by atoms with Crippen LogP contribution in [0.4, 0.5) is 5.69 Å². The van der Waals surface area contributed by atoms with Crippen LogP contribution in [-0.2, 0) is 11.2 Å². The molecule has 0 spiro atoms. The van der Waals surface area contributed by atoms with Crippen LogP contribution in [0.15, 0.2) is 30.5 Å². The van der Waals surface area contributed by atoms with E-state index in [0.717, 1.165) is 17.8 Å². The molecule has 2 amide bonds. The number of carboxylic acids is 1. The standard InChI is InChI=1S/C17H19N3O4S/c1-2-3-14-19-10-13(25-14)17(24)20-12-6-4-11(5-7-12)16(23)18-9-8-15(21)22/h4-7,10H,2-3,8-9H2,1H3,(H,18,23)(H,20,24)(H,21,22). The van der Waals surface area contributed by atoms with E-state index in [4.69, 9.17) is 5.11 Å². The smallest absolute Gasteiger partial charge is 0.305 e. The van der Waals surface area contributed by atoms with Crippen molar-refractivity contribution in [2.24, 2.45) is 0 Å². The number of nitrogens with one attached hydrogen (secondary N) is 2. The Labute approximate surface area is 149 Å². The molecule has 7 nitrogen and oxygen atoms in total. The van der Waals surface area contributed by atoms with Gasteiger partial charge in [0.2, 0.25) is 0 Å². The zero-order valence-corrected chi connectivity index (χ0v) is 14.6. The monoisotopic (exact) mass is 361 g/mol. The summed E-state index contributed by atoms with van der Waals surface area (Å²) in [5.74, 6) is -1.56. The fraction of sp³-hybridized carbons (Fsp3) is 0.294. The molecule has 3 N–H and O–H groups in total. The number of amides is 2. The van der Waals surface area contributed by atoms with Crippen LogP contribution < -0.4 is 10.6 Å². The molecule has 0 fully saturated rings. The van der Waals surface area contributed by atoms with Crippen molar-refractivity contribution in [1.82, 2.24) is 10.3 Å². The zero-order chi connectivity index (χ0) is 18.2. The summed E-state index contributed by atoms with van der Waals surface area (Å²) in [6.45, 7) is 2.12. The molecule has 0 aliphatic heterocycles. The molecule has 25 heavy (non-hydrogen) atoms. The van der Waals surface area contributed by atoms with E-state index in [2.05, 4.69) is 22.5 Å². The Hall–Kier alpha value is -2.74. The molecular formula is C17H19N3O4S. The van der Waals surface area contributed by atoms with Crippen molar-refractivity contribution in [3.63, 3.8) is 0 Å². The Morgan fingerprint density at radius 1 is 1.16 bits per heavy atom. The maximum absolute atomic E-state index is 12.2. The number of thiazole rings is 1. The number of carbonyl (C=O) groups excluding carboxylic acids is 2. The van der Waals surface area contributed by atoms with Gasteiger partial charge in [-0.3, -0.25) is 14.4 Å². The lowest BCUT2D eigenvalue weighted by Gasteiger charge is -2.06. The summed E-state index contributed by atoms with van der Waals surface area (Å²) in [6.07, 6.45) is 3.26. The second-order valence-corrected chi connectivity index (χ2v) is 6.41. The highest BCUT2D eigenvalue weighted by molar-refractivity contribution is 7.13. The van der Waals surface area contributed by atoms with E-state index in [1.54, 1.807) is 30.5 Å². The summed E-state index contributed by atoms with van der Waals surface area (Å²) in [5.41, 5.74) is 0.962. The normalized spacial score (nSPS) is 10.3. The lowest BCUT2D eigenvalue weighted by Crippen LogP contribution is -2.25. The molecule has 0 unspecified atom stereocenters. The third-order valence-electron chi connectivity index (χ3n) is 3.27. The Morgan fingerprint density at radius 2 is 1.88 bits per heavy atom. The number of carbonyl (C=O) groups is 3. The molecule has 2 rings (SSSR count). The number of aryl methyl sites for hydroxylation is 1. The van der Waals surface area contributed by atoms with Crippen LogP contribution in [0.2, 0.25) is 0 Å². The lowest BCUT2D eigenvalue weighted by molar-refractivity contribution is -0.136. The van der Waals surface area contributed by atoms with Gasteiger partial charge in [-0.05, 0) is 37.1 Å². The van der Waals surface area contributed by atoms with Crippen LogP contribution in [0, 0.1) is 0 Å². The molecule has 132 valence electrons. The predicted molar refractivity (Wildman–Crippen MR) is 95.1 cm³/mol. The van der Waals surface area contributed by atoms with Gasteiger partial charge in [0.05, 0.1) is 17.6 Å². The molecule has 1 heterocycles. The third kappa shape index (κ3) is 5.68. The highest BCUT2D eigenvalue weighted by Gasteiger charge is 2.11. The maximum Gasteiger partial charge on any atom is 0.305 e. The Bertz CT molecular complexity index is 756. The van der Waals surface area contributed by atoms with Crippen molar-refractivity contribution in [1.29, 1.82) is 0 Å². The number of hydrogen-bond acceptors (Lipinski definition) is 5. The average Bonchev–Trinajstić information content (AvgIpc) is 3.04. The third-order valence-corrected chi connectivity index (χ3v) is 4.33. The van der Waals surface area contributed by atoms with E-state index in [9.17, 15) is 14.4 Å². The Kier molecular flexibility index (Phi) is 6.64. The quantitative estimate of drug-likeness (QED) is 0.669. The molecule has 0 aliphatic rings. The van der Waals surface area contributed by atoms with Crippen LogP contribution in [0.3, 0.4) is 0 Å². The molecule has 1 aromatic heterocycles. The molecule has 1 aromatic carbocycles. The molecule has 0 saturated carbocycles. The largest absolute Gasteiger partial charge is 0.481 e. The van der Waals surface area contributed by atoms with E-state index in [0.29, 0.717) is 16.1 Å². The van der Waals surface area contributed by atoms with Gasteiger partial charge in [0, 0.05) is 17.8 Å². The second kappa shape index (κ2) is 8.93. The van der Waals surface area contributed by atoms with E-state index in [1.165, 1.54) is 11.3 Å². The minimum atomic E-state index is -0.969. The molecular weight excluding hydrogens is 342 g/mol. The van der Waals surface area contributed by atoms with Crippen molar-refractivity contribution in [2.75, 3.05) is 11.9 Å². The number of carboxylic acid groups (broad SMARTS) is 1. The summed E-state index contributed by atoms with van der Waals surface area (Å²) in [4.78, 5) is 39.2. The molecule has 0 bridgehead atoms. The number of nitrogens with zero attached hydrogens (tertiary/aromatic N) is 1. The predicted octanol–water partition coefficient (Wildman–Crippen LogP) is 2.55. The van der Waals surface area contributed by atoms with E-state index in [1.807, 2.05) is 0 Å². The minimum Gasteiger partial charge on any atom is -0.481 e. The average molecular weight is 361 g/mol. The van der Waals surface area contributed by atoms with Gasteiger partial charge in [-0.15, -0.1) is 11.3 Å². The summed E-state index contributed by atoms with van der Waals surface area (Å²) >= 11 is 1.37.